The van der Waals surface area contributed by atoms with Crippen LogP contribution in [-0.2, 0) is 16.0 Å². The molecule has 0 saturated carbocycles. The summed E-state index contributed by atoms with van der Waals surface area (Å²) in [6, 6.07) is 3.83. The molecule has 1 aromatic rings. The van der Waals surface area contributed by atoms with Gasteiger partial charge in [0.15, 0.2) is 0 Å². The third-order valence-corrected chi connectivity index (χ3v) is 4.78. The van der Waals surface area contributed by atoms with Gasteiger partial charge >= 0.3 is 6.03 Å². The van der Waals surface area contributed by atoms with E-state index in [0.717, 1.165) is 0 Å². The summed E-state index contributed by atoms with van der Waals surface area (Å²) in [6.07, 6.45) is -0.266. The Morgan fingerprint density at radius 2 is 1.96 bits per heavy atom. The molecule has 0 aromatic heterocycles. The Hall–Kier alpha value is -2.19. The number of benzene rings is 1. The molecule has 1 atom stereocenters. The molecule has 2 saturated heterocycles. The van der Waals surface area contributed by atoms with E-state index >= 15 is 0 Å². The van der Waals surface area contributed by atoms with Crippen molar-refractivity contribution in [3.63, 3.8) is 0 Å². The summed E-state index contributed by atoms with van der Waals surface area (Å²) < 4.78 is 13.8. The molecule has 1 aromatic carbocycles. The summed E-state index contributed by atoms with van der Waals surface area (Å²) in [5.41, 5.74) is 0.202. The number of rotatable bonds is 3. The Kier molecular flexibility index (Phi) is 5.19. The van der Waals surface area contributed by atoms with Gasteiger partial charge in [0.1, 0.15) is 5.82 Å². The van der Waals surface area contributed by atoms with Crippen LogP contribution < -0.4 is 10.6 Å². The van der Waals surface area contributed by atoms with Crippen LogP contribution in [0.25, 0.3) is 0 Å². The first-order valence-electron chi connectivity index (χ1n) is 7.99. The van der Waals surface area contributed by atoms with Crippen molar-refractivity contribution in [2.24, 2.45) is 0 Å². The van der Waals surface area contributed by atoms with Crippen LogP contribution in [0.15, 0.2) is 18.2 Å². The third kappa shape index (κ3) is 4.08. The molecule has 4 amide bonds. The molecule has 3 rings (SSSR count). The topological polar surface area (TPSA) is 81.8 Å². The van der Waals surface area contributed by atoms with Crippen molar-refractivity contribution in [1.82, 2.24) is 20.4 Å². The molecule has 2 fully saturated rings. The predicted molar refractivity (Wildman–Crippen MR) is 88.3 cm³/mol. The van der Waals surface area contributed by atoms with Crippen LogP contribution in [0.4, 0.5) is 9.18 Å². The van der Waals surface area contributed by atoms with Gasteiger partial charge in [-0.2, -0.15) is 0 Å². The summed E-state index contributed by atoms with van der Waals surface area (Å²) in [6.45, 7) is 1.93. The SMILES string of the molecule is O=C1CC(N2CCN(C(=O)Cc3c(F)cccc3Cl)CC2)NC(=O)N1. The maximum atomic E-state index is 13.8. The van der Waals surface area contributed by atoms with Crippen molar-refractivity contribution in [2.75, 3.05) is 26.2 Å². The highest BCUT2D eigenvalue weighted by Crippen LogP contribution is 2.20. The number of carbonyl (C=O) groups is 3. The number of hydrogen-bond acceptors (Lipinski definition) is 4. The minimum absolute atomic E-state index is 0.0892. The van der Waals surface area contributed by atoms with Crippen molar-refractivity contribution in [3.05, 3.63) is 34.6 Å². The minimum Gasteiger partial charge on any atom is -0.340 e. The highest BCUT2D eigenvalue weighted by atomic mass is 35.5. The summed E-state index contributed by atoms with van der Waals surface area (Å²) in [7, 11) is 0. The van der Waals surface area contributed by atoms with Gasteiger partial charge in [-0.25, -0.2) is 9.18 Å². The molecule has 9 heteroatoms. The fraction of sp³-hybridized carbons (Fsp3) is 0.438. The summed E-state index contributed by atoms with van der Waals surface area (Å²) in [5.74, 6) is -1.01. The Morgan fingerprint density at radius 3 is 2.60 bits per heavy atom. The van der Waals surface area contributed by atoms with Gasteiger partial charge in [0.2, 0.25) is 11.8 Å². The first-order valence-corrected chi connectivity index (χ1v) is 8.37. The van der Waals surface area contributed by atoms with Gasteiger partial charge in [-0.05, 0) is 12.1 Å². The number of piperazine rings is 1. The molecule has 25 heavy (non-hydrogen) atoms. The molecule has 2 aliphatic heterocycles. The fourth-order valence-electron chi connectivity index (χ4n) is 3.06. The van der Waals surface area contributed by atoms with Crippen molar-refractivity contribution in [3.8, 4) is 0 Å². The van der Waals surface area contributed by atoms with Crippen LogP contribution in [0.5, 0.6) is 0 Å². The van der Waals surface area contributed by atoms with Crippen LogP contribution in [0.2, 0.25) is 5.02 Å². The number of nitrogens with one attached hydrogen (secondary N) is 2. The Labute approximate surface area is 149 Å². The molecule has 2 heterocycles. The lowest BCUT2D eigenvalue weighted by Crippen LogP contribution is -2.62. The lowest BCUT2D eigenvalue weighted by molar-refractivity contribution is -0.133. The molecule has 1 unspecified atom stereocenters. The maximum Gasteiger partial charge on any atom is 0.322 e. The van der Waals surface area contributed by atoms with Crippen LogP contribution in [-0.4, -0.2) is 60.0 Å². The number of hydrogen-bond donors (Lipinski definition) is 2. The quantitative estimate of drug-likeness (QED) is 0.823. The average molecular weight is 369 g/mol. The second-order valence-electron chi connectivity index (χ2n) is 6.04. The number of nitrogens with zero attached hydrogens (tertiary/aromatic N) is 2. The molecule has 134 valence electrons. The van der Waals surface area contributed by atoms with E-state index in [4.69, 9.17) is 11.6 Å². The van der Waals surface area contributed by atoms with Gasteiger partial charge in [0, 0.05) is 36.8 Å². The van der Waals surface area contributed by atoms with Crippen LogP contribution in [0.3, 0.4) is 0 Å². The Morgan fingerprint density at radius 1 is 1.24 bits per heavy atom. The fourth-order valence-corrected chi connectivity index (χ4v) is 3.29. The van der Waals surface area contributed by atoms with E-state index in [1.165, 1.54) is 12.1 Å². The molecule has 0 radical (unpaired) electrons. The minimum atomic E-state index is -0.506. The van der Waals surface area contributed by atoms with Crippen LogP contribution in [0, 0.1) is 5.82 Å². The van der Waals surface area contributed by atoms with E-state index in [1.807, 2.05) is 4.90 Å². The standard InChI is InChI=1S/C16H18ClFN4O3/c17-11-2-1-3-12(18)10(11)8-15(24)22-6-4-21(5-7-22)13-9-14(23)20-16(25)19-13/h1-3,13H,4-9H2,(H2,19,20,23,25). The molecule has 0 aliphatic carbocycles. The number of amides is 4. The first-order chi connectivity index (χ1) is 11.9. The van der Waals surface area contributed by atoms with Gasteiger partial charge < -0.3 is 10.2 Å². The zero-order valence-corrected chi connectivity index (χ0v) is 14.2. The average Bonchev–Trinajstić information content (AvgIpc) is 2.57. The number of urea groups is 1. The normalized spacial score (nSPS) is 21.7. The van der Waals surface area contributed by atoms with Crippen LogP contribution >= 0.6 is 11.6 Å². The van der Waals surface area contributed by atoms with E-state index in [0.29, 0.717) is 26.2 Å². The van der Waals surface area contributed by atoms with Gasteiger partial charge in [0.05, 0.1) is 19.0 Å². The summed E-state index contributed by atoms with van der Waals surface area (Å²) in [4.78, 5) is 38.8. The third-order valence-electron chi connectivity index (χ3n) is 4.43. The van der Waals surface area contributed by atoms with Crippen LogP contribution in [0.1, 0.15) is 12.0 Å². The van der Waals surface area contributed by atoms with E-state index in [2.05, 4.69) is 10.6 Å². The van der Waals surface area contributed by atoms with E-state index < -0.39 is 11.8 Å². The summed E-state index contributed by atoms with van der Waals surface area (Å²) >= 11 is 5.97. The largest absolute Gasteiger partial charge is 0.340 e. The molecular formula is C16H18ClFN4O3. The lowest BCUT2D eigenvalue weighted by atomic mass is 10.1. The van der Waals surface area contributed by atoms with Gasteiger partial charge in [-0.3, -0.25) is 19.8 Å². The predicted octanol–water partition coefficient (Wildman–Crippen LogP) is 0.721. The maximum absolute atomic E-state index is 13.8. The van der Waals surface area contributed by atoms with E-state index in [9.17, 15) is 18.8 Å². The van der Waals surface area contributed by atoms with Gasteiger partial charge in [-0.15, -0.1) is 0 Å². The van der Waals surface area contributed by atoms with Crippen molar-refractivity contribution >= 4 is 29.4 Å². The highest BCUT2D eigenvalue weighted by Gasteiger charge is 2.32. The molecule has 2 N–H and O–H groups in total. The monoisotopic (exact) mass is 368 g/mol. The zero-order valence-electron chi connectivity index (χ0n) is 13.4. The second-order valence-corrected chi connectivity index (χ2v) is 6.44. The van der Waals surface area contributed by atoms with E-state index in [-0.39, 0.29) is 41.4 Å². The summed E-state index contributed by atoms with van der Waals surface area (Å²) in [5, 5.41) is 5.12. The Balaban J connectivity index is 1.56. The molecule has 0 spiro atoms. The number of imide groups is 1. The van der Waals surface area contributed by atoms with Crippen molar-refractivity contribution in [1.29, 1.82) is 0 Å². The smallest absolute Gasteiger partial charge is 0.322 e. The Bertz CT molecular complexity index is 670. The highest BCUT2D eigenvalue weighted by molar-refractivity contribution is 6.31. The first kappa shape index (κ1) is 17.6. The number of halogens is 2. The van der Waals surface area contributed by atoms with Crippen molar-refractivity contribution < 1.29 is 18.8 Å². The molecule has 7 nitrogen and oxygen atoms in total. The molecule has 2 aliphatic rings. The van der Waals surface area contributed by atoms with Crippen molar-refractivity contribution in [2.45, 2.75) is 19.0 Å². The van der Waals surface area contributed by atoms with E-state index in [1.54, 1.807) is 11.0 Å². The van der Waals surface area contributed by atoms with Gasteiger partial charge in [-0.1, -0.05) is 17.7 Å². The zero-order chi connectivity index (χ0) is 18.0. The lowest BCUT2D eigenvalue weighted by Gasteiger charge is -2.40. The second kappa shape index (κ2) is 7.37. The molecule has 0 bridgehead atoms. The number of carbonyl (C=O) groups excluding carboxylic acids is 3. The molecular weight excluding hydrogens is 351 g/mol. The van der Waals surface area contributed by atoms with Gasteiger partial charge in [0.25, 0.3) is 0 Å².